The van der Waals surface area contributed by atoms with Crippen molar-refractivity contribution in [3.05, 3.63) is 59.7 Å². The fourth-order valence-electron chi connectivity index (χ4n) is 1.92. The monoisotopic (exact) mass is 284 g/mol. The lowest BCUT2D eigenvalue weighted by Gasteiger charge is -2.11. The Bertz CT molecular complexity index is 668. The molecule has 0 saturated heterocycles. The van der Waals surface area contributed by atoms with E-state index in [1.165, 1.54) is 7.11 Å². The minimum atomic E-state index is -0.365. The molecule has 2 aromatic rings. The highest BCUT2D eigenvalue weighted by Gasteiger charge is 2.13. The lowest BCUT2D eigenvalue weighted by atomic mass is 10.1. The predicted octanol–water partition coefficient (Wildman–Crippen LogP) is 2.24. The molecule has 0 aliphatic rings. The van der Waals surface area contributed by atoms with Crippen molar-refractivity contribution in [2.24, 2.45) is 0 Å². The largest absolute Gasteiger partial charge is 0.469 e. The van der Waals surface area contributed by atoms with Gasteiger partial charge in [0.05, 0.1) is 19.1 Å². The van der Waals surface area contributed by atoms with Gasteiger partial charge in [-0.05, 0) is 23.8 Å². The molecule has 0 saturated carbocycles. The Morgan fingerprint density at radius 3 is 2.48 bits per heavy atom. The van der Waals surface area contributed by atoms with Crippen molar-refractivity contribution in [1.82, 2.24) is 0 Å². The van der Waals surface area contributed by atoms with Crippen LogP contribution in [0.5, 0.6) is 0 Å². The first-order chi connectivity index (χ1) is 10.1. The number of esters is 1. The summed E-state index contributed by atoms with van der Waals surface area (Å²) in [5.41, 5.74) is 7.83. The average molecular weight is 284 g/mol. The lowest BCUT2D eigenvalue weighted by molar-refractivity contribution is -0.139. The number of ether oxygens (including phenoxy) is 1. The van der Waals surface area contributed by atoms with Crippen molar-refractivity contribution in [2.75, 3.05) is 18.2 Å². The van der Waals surface area contributed by atoms with Gasteiger partial charge in [0.2, 0.25) is 0 Å². The van der Waals surface area contributed by atoms with Gasteiger partial charge >= 0.3 is 5.97 Å². The number of benzene rings is 2. The van der Waals surface area contributed by atoms with Crippen LogP contribution < -0.4 is 11.1 Å². The number of nitrogen functional groups attached to an aromatic ring is 1. The van der Waals surface area contributed by atoms with E-state index < -0.39 is 0 Å². The van der Waals surface area contributed by atoms with Crippen LogP contribution in [0.2, 0.25) is 0 Å². The molecule has 108 valence electrons. The van der Waals surface area contributed by atoms with Crippen molar-refractivity contribution in [3.63, 3.8) is 0 Å². The maximum absolute atomic E-state index is 12.2. The molecule has 5 heteroatoms. The zero-order valence-electron chi connectivity index (χ0n) is 11.6. The molecule has 0 spiro atoms. The molecule has 0 bridgehead atoms. The van der Waals surface area contributed by atoms with Crippen molar-refractivity contribution >= 4 is 23.3 Å². The molecule has 0 atom stereocenters. The number of hydrogen-bond acceptors (Lipinski definition) is 4. The number of amides is 1. The maximum Gasteiger partial charge on any atom is 0.310 e. The zero-order valence-corrected chi connectivity index (χ0v) is 11.6. The second kappa shape index (κ2) is 6.56. The normalized spacial score (nSPS) is 9.95. The predicted molar refractivity (Wildman–Crippen MR) is 81.0 cm³/mol. The fraction of sp³-hybridized carbons (Fsp3) is 0.125. The number of anilines is 2. The fourth-order valence-corrected chi connectivity index (χ4v) is 1.92. The van der Waals surface area contributed by atoms with E-state index in [2.05, 4.69) is 10.1 Å². The molecule has 3 N–H and O–H groups in total. The van der Waals surface area contributed by atoms with Gasteiger partial charge in [-0.1, -0.05) is 30.3 Å². The Hall–Kier alpha value is -2.82. The molecule has 2 rings (SSSR count). The van der Waals surface area contributed by atoms with Crippen LogP contribution in [0.1, 0.15) is 15.9 Å². The molecule has 0 aliphatic carbocycles. The number of para-hydroxylation sites is 2. The Balaban J connectivity index is 2.22. The van der Waals surface area contributed by atoms with E-state index in [0.29, 0.717) is 22.5 Å². The molecular formula is C16H16N2O3. The number of carbonyl (C=O) groups excluding carboxylic acids is 2. The summed E-state index contributed by atoms with van der Waals surface area (Å²) in [7, 11) is 1.33. The number of carbonyl (C=O) groups is 2. The molecule has 0 aromatic heterocycles. The number of hydrogen-bond donors (Lipinski definition) is 2. The van der Waals surface area contributed by atoms with Gasteiger partial charge in [0.25, 0.3) is 5.91 Å². The molecule has 1 amide bonds. The van der Waals surface area contributed by atoms with Gasteiger partial charge in [-0.25, -0.2) is 0 Å². The van der Waals surface area contributed by atoms with Gasteiger partial charge in [0, 0.05) is 11.4 Å². The van der Waals surface area contributed by atoms with Gasteiger partial charge in [0.1, 0.15) is 0 Å². The third-order valence-electron chi connectivity index (χ3n) is 3.03. The maximum atomic E-state index is 12.2. The molecule has 2 aromatic carbocycles. The van der Waals surface area contributed by atoms with E-state index in [1.54, 1.807) is 48.5 Å². The topological polar surface area (TPSA) is 81.4 Å². The highest BCUT2D eigenvalue weighted by atomic mass is 16.5. The molecule has 0 fully saturated rings. The van der Waals surface area contributed by atoms with E-state index in [1.807, 2.05) is 0 Å². The first-order valence-electron chi connectivity index (χ1n) is 6.42. The highest BCUT2D eigenvalue weighted by Crippen LogP contribution is 2.19. The number of nitrogens with two attached hydrogens (primary N) is 1. The van der Waals surface area contributed by atoms with Crippen molar-refractivity contribution in [3.8, 4) is 0 Å². The van der Waals surface area contributed by atoms with Gasteiger partial charge in [-0.3, -0.25) is 9.59 Å². The van der Waals surface area contributed by atoms with Crippen molar-refractivity contribution < 1.29 is 14.3 Å². The summed E-state index contributed by atoms with van der Waals surface area (Å²) < 4.78 is 4.65. The molecule has 0 radical (unpaired) electrons. The molecule has 0 unspecified atom stereocenters. The third kappa shape index (κ3) is 3.60. The van der Waals surface area contributed by atoms with Crippen LogP contribution in [0.3, 0.4) is 0 Å². The van der Waals surface area contributed by atoms with E-state index >= 15 is 0 Å². The average Bonchev–Trinajstić information content (AvgIpc) is 2.49. The van der Waals surface area contributed by atoms with E-state index in [-0.39, 0.29) is 18.3 Å². The van der Waals surface area contributed by atoms with Crippen LogP contribution in [0.4, 0.5) is 11.4 Å². The lowest BCUT2D eigenvalue weighted by Crippen LogP contribution is -2.16. The molecule has 5 nitrogen and oxygen atoms in total. The second-order valence-electron chi connectivity index (χ2n) is 4.45. The summed E-state index contributed by atoms with van der Waals surface area (Å²) in [6.45, 7) is 0. The Morgan fingerprint density at radius 1 is 1.10 bits per heavy atom. The van der Waals surface area contributed by atoms with E-state index in [4.69, 9.17) is 5.73 Å². The van der Waals surface area contributed by atoms with Crippen molar-refractivity contribution in [2.45, 2.75) is 6.42 Å². The van der Waals surface area contributed by atoms with Crippen LogP contribution in [0, 0.1) is 0 Å². The summed E-state index contributed by atoms with van der Waals surface area (Å²) in [6, 6.07) is 13.9. The van der Waals surface area contributed by atoms with Crippen LogP contribution in [0.15, 0.2) is 48.5 Å². The zero-order chi connectivity index (χ0) is 15.2. The molecule has 0 aliphatic heterocycles. The van der Waals surface area contributed by atoms with E-state index in [0.717, 1.165) is 0 Å². The van der Waals surface area contributed by atoms with Crippen LogP contribution in [-0.2, 0) is 16.0 Å². The minimum absolute atomic E-state index is 0.0945. The molecular weight excluding hydrogens is 268 g/mol. The van der Waals surface area contributed by atoms with Crippen LogP contribution >= 0.6 is 0 Å². The summed E-state index contributed by atoms with van der Waals surface area (Å²) >= 11 is 0. The summed E-state index contributed by atoms with van der Waals surface area (Å²) in [5, 5.41) is 2.77. The Kier molecular flexibility index (Phi) is 4.56. The number of methoxy groups -OCH3 is 1. The van der Waals surface area contributed by atoms with Gasteiger partial charge in [0.15, 0.2) is 0 Å². The van der Waals surface area contributed by atoms with Gasteiger partial charge < -0.3 is 15.8 Å². The third-order valence-corrected chi connectivity index (χ3v) is 3.03. The number of rotatable bonds is 4. The minimum Gasteiger partial charge on any atom is -0.469 e. The summed E-state index contributed by atoms with van der Waals surface area (Å²) in [6.07, 6.45) is 0.0945. The van der Waals surface area contributed by atoms with Gasteiger partial charge in [-0.15, -0.1) is 0 Å². The molecule has 21 heavy (non-hydrogen) atoms. The summed E-state index contributed by atoms with van der Waals surface area (Å²) in [4.78, 5) is 23.6. The van der Waals surface area contributed by atoms with E-state index in [9.17, 15) is 9.59 Å². The Morgan fingerprint density at radius 2 is 1.76 bits per heavy atom. The molecule has 0 heterocycles. The second-order valence-corrected chi connectivity index (χ2v) is 4.45. The standard InChI is InChI=1S/C16H16N2O3/c1-21-15(19)10-11-6-2-5-9-14(11)18-16(20)12-7-3-4-8-13(12)17/h2-9H,10,17H2,1H3,(H,18,20). The first-order valence-corrected chi connectivity index (χ1v) is 6.42. The van der Waals surface area contributed by atoms with Crippen LogP contribution in [0.25, 0.3) is 0 Å². The summed E-state index contributed by atoms with van der Waals surface area (Å²) in [5.74, 6) is -0.679. The SMILES string of the molecule is COC(=O)Cc1ccccc1NC(=O)c1ccccc1N. The Labute approximate surface area is 122 Å². The smallest absolute Gasteiger partial charge is 0.310 e. The van der Waals surface area contributed by atoms with Gasteiger partial charge in [-0.2, -0.15) is 0 Å². The quantitative estimate of drug-likeness (QED) is 0.666. The first kappa shape index (κ1) is 14.6. The van der Waals surface area contributed by atoms with Crippen molar-refractivity contribution in [1.29, 1.82) is 0 Å². The highest BCUT2D eigenvalue weighted by molar-refractivity contribution is 6.08. The van der Waals surface area contributed by atoms with Crippen LogP contribution in [-0.4, -0.2) is 19.0 Å². The number of nitrogens with one attached hydrogen (secondary N) is 1.